The molecule has 0 spiro atoms. The van der Waals surface area contributed by atoms with Crippen molar-refractivity contribution in [3.05, 3.63) is 0 Å². The van der Waals surface area contributed by atoms with Crippen LogP contribution in [-0.2, 0) is 4.79 Å². The Morgan fingerprint density at radius 2 is 2.25 bits per heavy atom. The van der Waals surface area contributed by atoms with Gasteiger partial charge in [0.2, 0.25) is 5.91 Å². The summed E-state index contributed by atoms with van der Waals surface area (Å²) in [5, 5.41) is 0. The molecular weight excluding hydrogens is 222 g/mol. The maximum Gasteiger partial charge on any atom is 0.239 e. The zero-order valence-electron chi connectivity index (χ0n) is 10.5. The molecule has 1 rings (SSSR count). The summed E-state index contributed by atoms with van der Waals surface area (Å²) in [6.07, 6.45) is 2.82. The van der Waals surface area contributed by atoms with Crippen LogP contribution in [0.15, 0.2) is 0 Å². The van der Waals surface area contributed by atoms with Crippen LogP contribution in [0.1, 0.15) is 13.3 Å². The Balaban J connectivity index is 2.42. The fourth-order valence-corrected chi connectivity index (χ4v) is 2.34. The predicted octanol–water partition coefficient (Wildman–Crippen LogP) is 0.229. The fraction of sp³-hybridized carbons (Fsp3) is 0.909. The molecule has 1 aliphatic rings. The summed E-state index contributed by atoms with van der Waals surface area (Å²) in [6.45, 7) is 4.71. The zero-order chi connectivity index (χ0) is 12.1. The van der Waals surface area contributed by atoms with Crippen molar-refractivity contribution >= 4 is 17.7 Å². The lowest BCUT2D eigenvalue weighted by Gasteiger charge is -2.38. The molecule has 0 bridgehead atoms. The Kier molecular flexibility index (Phi) is 5.58. The van der Waals surface area contributed by atoms with E-state index < -0.39 is 0 Å². The number of likely N-dealkylation sites (N-methyl/N-ethyl adjacent to an activating group) is 1. The van der Waals surface area contributed by atoms with Crippen LogP contribution in [0, 0.1) is 0 Å². The van der Waals surface area contributed by atoms with Crippen LogP contribution in [-0.4, -0.2) is 66.5 Å². The SMILES string of the molecule is CSCC[C@@H](N)C(=O)N1CCN(C)C(C)C1. The highest BCUT2D eigenvalue weighted by Gasteiger charge is 2.27. The van der Waals surface area contributed by atoms with Crippen molar-refractivity contribution < 1.29 is 4.79 Å². The van der Waals surface area contributed by atoms with Crippen molar-refractivity contribution in [3.8, 4) is 0 Å². The monoisotopic (exact) mass is 245 g/mol. The molecule has 94 valence electrons. The molecule has 0 aromatic heterocycles. The predicted molar refractivity (Wildman–Crippen MR) is 69.6 cm³/mol. The Bertz CT molecular complexity index is 237. The molecule has 1 fully saturated rings. The molecule has 0 saturated carbocycles. The zero-order valence-corrected chi connectivity index (χ0v) is 11.3. The van der Waals surface area contributed by atoms with Gasteiger partial charge in [-0.25, -0.2) is 0 Å². The van der Waals surface area contributed by atoms with Gasteiger partial charge in [0.25, 0.3) is 0 Å². The standard InChI is InChI=1S/C11H23N3OS/c1-9-8-14(6-5-13(9)2)11(15)10(12)4-7-16-3/h9-10H,4-8,12H2,1-3H3/t9?,10-/m1/s1. The Morgan fingerprint density at radius 3 is 2.81 bits per heavy atom. The van der Waals surface area contributed by atoms with E-state index in [1.54, 1.807) is 11.8 Å². The minimum Gasteiger partial charge on any atom is -0.339 e. The number of carbonyl (C=O) groups excluding carboxylic acids is 1. The number of nitrogens with zero attached hydrogens (tertiary/aromatic N) is 2. The Hall–Kier alpha value is -0.260. The van der Waals surface area contributed by atoms with E-state index in [1.165, 1.54) is 0 Å². The molecule has 0 aromatic rings. The van der Waals surface area contributed by atoms with Gasteiger partial charge in [-0.3, -0.25) is 4.79 Å². The molecular formula is C11H23N3OS. The van der Waals surface area contributed by atoms with E-state index in [4.69, 9.17) is 5.73 Å². The summed E-state index contributed by atoms with van der Waals surface area (Å²) in [6, 6.07) is 0.119. The summed E-state index contributed by atoms with van der Waals surface area (Å²) >= 11 is 1.74. The normalized spacial score (nSPS) is 24.5. The molecule has 0 aliphatic carbocycles. The van der Waals surface area contributed by atoms with E-state index in [9.17, 15) is 4.79 Å². The van der Waals surface area contributed by atoms with Gasteiger partial charge in [-0.2, -0.15) is 11.8 Å². The lowest BCUT2D eigenvalue weighted by Crippen LogP contribution is -2.55. The second-order valence-corrected chi connectivity index (χ2v) is 5.49. The third-order valence-corrected chi connectivity index (χ3v) is 3.87. The molecule has 0 aromatic carbocycles. The summed E-state index contributed by atoms with van der Waals surface area (Å²) in [5.74, 6) is 1.07. The number of hydrogen-bond acceptors (Lipinski definition) is 4. The minimum absolute atomic E-state index is 0.119. The van der Waals surface area contributed by atoms with Crippen molar-refractivity contribution in [3.63, 3.8) is 0 Å². The fourth-order valence-electron chi connectivity index (χ4n) is 1.85. The van der Waals surface area contributed by atoms with Gasteiger partial charge in [0.1, 0.15) is 0 Å². The summed E-state index contributed by atoms with van der Waals surface area (Å²) in [5.41, 5.74) is 5.90. The van der Waals surface area contributed by atoms with E-state index in [0.29, 0.717) is 6.04 Å². The lowest BCUT2D eigenvalue weighted by molar-refractivity contribution is -0.135. The van der Waals surface area contributed by atoms with Gasteiger partial charge in [-0.05, 0) is 32.4 Å². The quantitative estimate of drug-likeness (QED) is 0.770. The maximum atomic E-state index is 12.0. The summed E-state index contributed by atoms with van der Waals surface area (Å²) in [7, 11) is 2.10. The van der Waals surface area contributed by atoms with Crippen LogP contribution in [0.25, 0.3) is 0 Å². The second kappa shape index (κ2) is 6.47. The number of thioether (sulfide) groups is 1. The molecule has 4 nitrogen and oxygen atoms in total. The topological polar surface area (TPSA) is 49.6 Å². The molecule has 1 amide bonds. The first-order chi connectivity index (χ1) is 7.56. The number of amides is 1. The van der Waals surface area contributed by atoms with Gasteiger partial charge in [0.15, 0.2) is 0 Å². The van der Waals surface area contributed by atoms with Gasteiger partial charge in [0.05, 0.1) is 6.04 Å². The smallest absolute Gasteiger partial charge is 0.239 e. The third-order valence-electron chi connectivity index (χ3n) is 3.22. The van der Waals surface area contributed by atoms with Crippen LogP contribution in [0.2, 0.25) is 0 Å². The van der Waals surface area contributed by atoms with Gasteiger partial charge in [-0.1, -0.05) is 0 Å². The number of nitrogens with two attached hydrogens (primary N) is 1. The average Bonchev–Trinajstić information content (AvgIpc) is 2.28. The van der Waals surface area contributed by atoms with Crippen molar-refractivity contribution in [1.29, 1.82) is 0 Å². The minimum atomic E-state index is -0.317. The molecule has 5 heteroatoms. The first kappa shape index (κ1) is 13.8. The summed E-state index contributed by atoms with van der Waals surface area (Å²) in [4.78, 5) is 16.2. The highest BCUT2D eigenvalue weighted by atomic mass is 32.2. The Morgan fingerprint density at radius 1 is 1.56 bits per heavy atom. The highest BCUT2D eigenvalue weighted by molar-refractivity contribution is 7.98. The van der Waals surface area contributed by atoms with E-state index in [-0.39, 0.29) is 11.9 Å². The lowest BCUT2D eigenvalue weighted by atomic mass is 10.1. The van der Waals surface area contributed by atoms with Crippen LogP contribution in [0.5, 0.6) is 0 Å². The van der Waals surface area contributed by atoms with Gasteiger partial charge in [0, 0.05) is 25.7 Å². The maximum absolute atomic E-state index is 12.0. The number of carbonyl (C=O) groups is 1. The molecule has 1 heterocycles. The van der Waals surface area contributed by atoms with Gasteiger partial charge in [-0.15, -0.1) is 0 Å². The van der Waals surface area contributed by atoms with E-state index in [2.05, 4.69) is 18.9 Å². The van der Waals surface area contributed by atoms with Crippen molar-refractivity contribution in [2.24, 2.45) is 5.73 Å². The van der Waals surface area contributed by atoms with Crippen molar-refractivity contribution in [2.75, 3.05) is 38.7 Å². The molecule has 1 unspecified atom stereocenters. The van der Waals surface area contributed by atoms with E-state index in [1.807, 2.05) is 11.2 Å². The average molecular weight is 245 g/mol. The third kappa shape index (κ3) is 3.64. The van der Waals surface area contributed by atoms with Crippen molar-refractivity contribution in [2.45, 2.75) is 25.4 Å². The van der Waals surface area contributed by atoms with E-state index in [0.717, 1.165) is 31.8 Å². The summed E-state index contributed by atoms with van der Waals surface area (Å²) < 4.78 is 0. The largest absolute Gasteiger partial charge is 0.339 e. The van der Waals surface area contributed by atoms with Crippen molar-refractivity contribution in [1.82, 2.24) is 9.80 Å². The van der Waals surface area contributed by atoms with Gasteiger partial charge >= 0.3 is 0 Å². The number of hydrogen-bond donors (Lipinski definition) is 1. The van der Waals surface area contributed by atoms with Crippen LogP contribution in [0.4, 0.5) is 0 Å². The molecule has 1 saturated heterocycles. The van der Waals surface area contributed by atoms with Crippen LogP contribution in [0.3, 0.4) is 0 Å². The van der Waals surface area contributed by atoms with Gasteiger partial charge < -0.3 is 15.5 Å². The molecule has 16 heavy (non-hydrogen) atoms. The molecule has 2 N–H and O–H groups in total. The highest BCUT2D eigenvalue weighted by Crippen LogP contribution is 2.09. The Labute approximate surface area is 103 Å². The van der Waals surface area contributed by atoms with E-state index >= 15 is 0 Å². The second-order valence-electron chi connectivity index (χ2n) is 4.50. The number of piperazine rings is 1. The van der Waals surface area contributed by atoms with Crippen LogP contribution < -0.4 is 5.73 Å². The molecule has 2 atom stereocenters. The molecule has 1 aliphatic heterocycles. The first-order valence-electron chi connectivity index (χ1n) is 5.79. The van der Waals surface area contributed by atoms with Crippen LogP contribution >= 0.6 is 11.8 Å². The number of rotatable bonds is 4. The molecule has 0 radical (unpaired) electrons. The first-order valence-corrected chi connectivity index (χ1v) is 7.19.